The Morgan fingerprint density at radius 3 is 2.40 bits per heavy atom. The number of unbranched alkanes of at least 4 members (excludes halogenated alkanes) is 2. The highest BCUT2D eigenvalue weighted by atomic mass is 16.3. The molecule has 1 rings (SSSR count). The number of H-pyrrole nitrogens is 1. The zero-order chi connectivity index (χ0) is 15.3. The second-order valence-electron chi connectivity index (χ2n) is 6.12. The summed E-state index contributed by atoms with van der Waals surface area (Å²) < 4.78 is 1.28. The van der Waals surface area contributed by atoms with Crippen molar-refractivity contribution in [3.8, 4) is 5.88 Å². The van der Waals surface area contributed by atoms with Gasteiger partial charge in [-0.2, -0.15) is 0 Å². The summed E-state index contributed by atoms with van der Waals surface area (Å²) in [5.41, 5.74) is -0.850. The minimum atomic E-state index is -0.534. The van der Waals surface area contributed by atoms with Gasteiger partial charge in [-0.05, 0) is 18.3 Å². The van der Waals surface area contributed by atoms with E-state index in [2.05, 4.69) is 25.8 Å². The fourth-order valence-corrected chi connectivity index (χ4v) is 2.43. The highest BCUT2D eigenvalue weighted by Gasteiger charge is 2.22. The Kier molecular flexibility index (Phi) is 5.60. The molecule has 114 valence electrons. The van der Waals surface area contributed by atoms with E-state index in [-0.39, 0.29) is 16.9 Å². The molecule has 1 aromatic heterocycles. The summed E-state index contributed by atoms with van der Waals surface area (Å²) in [7, 11) is 0. The molecule has 0 fully saturated rings. The highest BCUT2D eigenvalue weighted by Crippen LogP contribution is 2.27. The topological polar surface area (TPSA) is 75.1 Å². The van der Waals surface area contributed by atoms with E-state index >= 15 is 0 Å². The average Bonchev–Trinajstić information content (AvgIpc) is 2.35. The number of aromatic amines is 1. The molecule has 0 aliphatic rings. The van der Waals surface area contributed by atoms with Crippen molar-refractivity contribution >= 4 is 0 Å². The van der Waals surface area contributed by atoms with Crippen LogP contribution in [0.25, 0.3) is 0 Å². The largest absolute Gasteiger partial charge is 0.494 e. The average molecular weight is 282 g/mol. The van der Waals surface area contributed by atoms with Gasteiger partial charge in [0.15, 0.2) is 0 Å². The predicted molar refractivity (Wildman–Crippen MR) is 80.3 cm³/mol. The Labute approximate surface area is 119 Å². The van der Waals surface area contributed by atoms with E-state index in [1.54, 1.807) is 6.92 Å². The molecule has 2 N–H and O–H groups in total. The van der Waals surface area contributed by atoms with E-state index in [0.717, 1.165) is 25.7 Å². The summed E-state index contributed by atoms with van der Waals surface area (Å²) >= 11 is 0. The highest BCUT2D eigenvalue weighted by molar-refractivity contribution is 5.22. The van der Waals surface area contributed by atoms with Gasteiger partial charge in [-0.25, -0.2) is 4.79 Å². The van der Waals surface area contributed by atoms with Crippen LogP contribution in [-0.2, 0) is 13.0 Å². The van der Waals surface area contributed by atoms with Gasteiger partial charge in [0.2, 0.25) is 5.88 Å². The maximum atomic E-state index is 11.9. The Morgan fingerprint density at radius 2 is 1.85 bits per heavy atom. The fourth-order valence-electron chi connectivity index (χ4n) is 2.43. The number of rotatable bonds is 7. The van der Waals surface area contributed by atoms with Crippen LogP contribution >= 0.6 is 0 Å². The maximum absolute atomic E-state index is 11.9. The van der Waals surface area contributed by atoms with E-state index in [4.69, 9.17) is 0 Å². The Balaban J connectivity index is 3.03. The van der Waals surface area contributed by atoms with Crippen LogP contribution in [0.2, 0.25) is 0 Å². The summed E-state index contributed by atoms with van der Waals surface area (Å²) in [5, 5.41) is 10.1. The number of nitrogens with zero attached hydrogens (tertiary/aromatic N) is 1. The molecule has 0 saturated carbocycles. The van der Waals surface area contributed by atoms with Crippen molar-refractivity contribution in [3.63, 3.8) is 0 Å². The quantitative estimate of drug-likeness (QED) is 0.754. The molecule has 5 heteroatoms. The van der Waals surface area contributed by atoms with Gasteiger partial charge in [0.05, 0.1) is 5.56 Å². The van der Waals surface area contributed by atoms with Crippen LogP contribution in [0.5, 0.6) is 5.88 Å². The van der Waals surface area contributed by atoms with Gasteiger partial charge in [-0.1, -0.05) is 47.0 Å². The van der Waals surface area contributed by atoms with Crippen molar-refractivity contribution in [2.45, 2.75) is 66.3 Å². The molecule has 0 aliphatic carbocycles. The van der Waals surface area contributed by atoms with Gasteiger partial charge >= 0.3 is 5.69 Å². The van der Waals surface area contributed by atoms with Crippen molar-refractivity contribution in [3.05, 3.63) is 26.4 Å². The summed E-state index contributed by atoms with van der Waals surface area (Å²) in [6, 6.07) is 0. The van der Waals surface area contributed by atoms with E-state index in [1.165, 1.54) is 4.57 Å². The number of nitrogens with one attached hydrogen (secondary N) is 1. The summed E-state index contributed by atoms with van der Waals surface area (Å²) in [6.45, 7) is 8.49. The van der Waals surface area contributed by atoms with Gasteiger partial charge in [0.25, 0.3) is 5.56 Å². The van der Waals surface area contributed by atoms with Crippen LogP contribution in [0.3, 0.4) is 0 Å². The molecule has 0 radical (unpaired) electrons. The Hall–Kier alpha value is -1.52. The van der Waals surface area contributed by atoms with Crippen molar-refractivity contribution in [2.24, 2.45) is 5.41 Å². The fraction of sp³-hybridized carbons (Fsp3) is 0.733. The van der Waals surface area contributed by atoms with Gasteiger partial charge in [-0.15, -0.1) is 0 Å². The van der Waals surface area contributed by atoms with Crippen molar-refractivity contribution in [1.82, 2.24) is 9.55 Å². The number of hydrogen-bond donors (Lipinski definition) is 2. The molecule has 1 heterocycles. The number of aromatic hydroxyl groups is 1. The molecule has 0 spiro atoms. The normalized spacial score (nSPS) is 11.8. The van der Waals surface area contributed by atoms with Crippen LogP contribution in [0, 0.1) is 5.41 Å². The molecule has 0 aliphatic heterocycles. The molecule has 0 aromatic carbocycles. The first-order chi connectivity index (χ1) is 9.32. The number of hydrogen-bond acceptors (Lipinski definition) is 3. The number of aromatic nitrogens is 2. The molecule has 0 saturated heterocycles. The van der Waals surface area contributed by atoms with Crippen molar-refractivity contribution in [1.29, 1.82) is 0 Å². The molecule has 20 heavy (non-hydrogen) atoms. The second-order valence-corrected chi connectivity index (χ2v) is 6.12. The minimum Gasteiger partial charge on any atom is -0.494 e. The summed E-state index contributed by atoms with van der Waals surface area (Å²) in [5.74, 6) is -0.190. The summed E-state index contributed by atoms with van der Waals surface area (Å²) in [4.78, 5) is 25.8. The zero-order valence-electron chi connectivity index (χ0n) is 13.0. The van der Waals surface area contributed by atoms with Crippen LogP contribution in [0.4, 0.5) is 0 Å². The van der Waals surface area contributed by atoms with Crippen LogP contribution in [0.15, 0.2) is 9.59 Å². The van der Waals surface area contributed by atoms with Gasteiger partial charge in [0.1, 0.15) is 0 Å². The first-order valence-electron chi connectivity index (χ1n) is 7.37. The first kappa shape index (κ1) is 16.5. The van der Waals surface area contributed by atoms with E-state index in [1.807, 2.05) is 0 Å². The van der Waals surface area contributed by atoms with Crippen LogP contribution in [-0.4, -0.2) is 14.7 Å². The first-order valence-corrected chi connectivity index (χ1v) is 7.37. The van der Waals surface area contributed by atoms with Crippen molar-refractivity contribution < 1.29 is 5.11 Å². The Bertz CT molecular complexity index is 555. The zero-order valence-corrected chi connectivity index (χ0v) is 13.0. The molecular formula is C15H26N2O3. The lowest BCUT2D eigenvalue weighted by atomic mass is 9.86. The molecular weight excluding hydrogens is 256 g/mol. The van der Waals surface area contributed by atoms with Gasteiger partial charge in [0, 0.05) is 6.54 Å². The predicted octanol–water partition coefficient (Wildman–Crippen LogP) is 2.41. The lowest BCUT2D eigenvalue weighted by Gasteiger charge is -2.26. The molecule has 5 nitrogen and oxygen atoms in total. The van der Waals surface area contributed by atoms with Crippen LogP contribution < -0.4 is 11.2 Å². The third-order valence-corrected chi connectivity index (χ3v) is 3.66. The summed E-state index contributed by atoms with van der Waals surface area (Å²) in [6.07, 6.45) is 4.80. The lowest BCUT2D eigenvalue weighted by Crippen LogP contribution is -2.35. The minimum absolute atomic E-state index is 0.0975. The van der Waals surface area contributed by atoms with Crippen molar-refractivity contribution in [2.75, 3.05) is 0 Å². The molecule has 0 bridgehead atoms. The van der Waals surface area contributed by atoms with Gasteiger partial charge in [-0.3, -0.25) is 14.3 Å². The van der Waals surface area contributed by atoms with E-state index in [0.29, 0.717) is 13.0 Å². The molecule has 1 aromatic rings. The lowest BCUT2D eigenvalue weighted by molar-refractivity contribution is 0.247. The third-order valence-electron chi connectivity index (χ3n) is 3.66. The SMILES string of the molecule is CCCCCC(C)(C)Cn1c(O)c(CC)c(=O)[nH]c1=O. The van der Waals surface area contributed by atoms with Gasteiger partial charge < -0.3 is 5.11 Å². The Morgan fingerprint density at radius 1 is 1.20 bits per heavy atom. The molecule has 0 atom stereocenters. The molecule has 0 unspecified atom stereocenters. The third kappa shape index (κ3) is 3.99. The van der Waals surface area contributed by atoms with Crippen LogP contribution in [0.1, 0.15) is 58.9 Å². The second kappa shape index (κ2) is 6.77. The van der Waals surface area contributed by atoms with E-state index < -0.39 is 11.2 Å². The standard InChI is InChI=1S/C15H26N2O3/c1-5-7-8-9-15(3,4)10-17-13(19)11(6-2)12(18)16-14(17)20/h19H,5-10H2,1-4H3,(H,16,18,20). The smallest absolute Gasteiger partial charge is 0.331 e. The monoisotopic (exact) mass is 282 g/mol. The van der Waals surface area contributed by atoms with E-state index in [9.17, 15) is 14.7 Å². The molecule has 0 amide bonds. The maximum Gasteiger partial charge on any atom is 0.331 e.